The fourth-order valence-corrected chi connectivity index (χ4v) is 6.73. The van der Waals surface area contributed by atoms with Gasteiger partial charge in [-0.1, -0.05) is 44.2 Å². The Hall–Kier alpha value is -2.53. The first-order valence-electron chi connectivity index (χ1n) is 13.6. The minimum absolute atomic E-state index is 0.0144. The number of ether oxygens (including phenoxy) is 3. The summed E-state index contributed by atoms with van der Waals surface area (Å²) in [7, 11) is 0. The van der Waals surface area contributed by atoms with E-state index in [-0.39, 0.29) is 37.0 Å². The lowest BCUT2D eigenvalue weighted by molar-refractivity contribution is -0.576. The average molecular weight is 532 g/mol. The van der Waals surface area contributed by atoms with Crippen LogP contribution in [0.1, 0.15) is 64.9 Å². The van der Waals surface area contributed by atoms with Gasteiger partial charge in [-0.2, -0.15) is 0 Å². The molecule has 0 aromatic heterocycles. The van der Waals surface area contributed by atoms with Crippen molar-refractivity contribution in [3.8, 4) is 0 Å². The van der Waals surface area contributed by atoms with E-state index in [0.717, 1.165) is 24.8 Å². The summed E-state index contributed by atoms with van der Waals surface area (Å²) >= 11 is 0. The van der Waals surface area contributed by atoms with Crippen LogP contribution in [-0.2, 0) is 44.8 Å². The first-order valence-corrected chi connectivity index (χ1v) is 13.6. The zero-order chi connectivity index (χ0) is 27.1. The molecule has 1 aromatic rings. The Morgan fingerprint density at radius 3 is 2.58 bits per heavy atom. The maximum Gasteiger partial charge on any atom is 0.326 e. The summed E-state index contributed by atoms with van der Waals surface area (Å²) in [6.45, 7) is 6.05. The van der Waals surface area contributed by atoms with Crippen molar-refractivity contribution in [3.63, 3.8) is 0 Å². The van der Waals surface area contributed by atoms with Gasteiger partial charge in [0.15, 0.2) is 11.9 Å². The van der Waals surface area contributed by atoms with E-state index in [9.17, 15) is 19.5 Å². The lowest BCUT2D eigenvalue weighted by Gasteiger charge is -2.59. The van der Waals surface area contributed by atoms with Gasteiger partial charge in [0.05, 0.1) is 6.42 Å². The van der Waals surface area contributed by atoms with Crippen molar-refractivity contribution in [2.75, 3.05) is 0 Å². The molecule has 4 saturated heterocycles. The molecule has 1 aliphatic carbocycles. The number of carbonyl (C=O) groups excluding carboxylic acids is 2. The fourth-order valence-electron chi connectivity index (χ4n) is 6.73. The van der Waals surface area contributed by atoms with Crippen molar-refractivity contribution < 1.29 is 43.5 Å². The molecule has 10 heteroatoms. The molecule has 5 aliphatic rings. The van der Waals surface area contributed by atoms with Crippen LogP contribution < -0.4 is 5.32 Å². The molecule has 9 atom stereocenters. The molecular formula is C28H37NO9. The highest BCUT2D eigenvalue weighted by molar-refractivity contribution is 5.86. The Bertz CT molecular complexity index is 1050. The first-order chi connectivity index (χ1) is 18.1. The van der Waals surface area contributed by atoms with Crippen LogP contribution in [0.25, 0.3) is 0 Å². The number of aliphatic carboxylic acids is 1. The van der Waals surface area contributed by atoms with Gasteiger partial charge in [-0.25, -0.2) is 14.6 Å². The molecule has 2 unspecified atom stereocenters. The molecule has 1 spiro atoms. The van der Waals surface area contributed by atoms with Crippen LogP contribution in [0.2, 0.25) is 0 Å². The second kappa shape index (κ2) is 10.6. The Kier molecular flexibility index (Phi) is 7.52. The van der Waals surface area contributed by atoms with Gasteiger partial charge in [0.1, 0.15) is 6.04 Å². The molecule has 5 fully saturated rings. The highest BCUT2D eigenvalue weighted by Crippen LogP contribution is 2.60. The van der Waals surface area contributed by atoms with Gasteiger partial charge in [0.25, 0.3) is 0 Å². The Morgan fingerprint density at radius 1 is 1.08 bits per heavy atom. The van der Waals surface area contributed by atoms with Crippen molar-refractivity contribution in [1.82, 2.24) is 5.32 Å². The molecule has 6 rings (SSSR count). The highest BCUT2D eigenvalue weighted by atomic mass is 17.3. The predicted octanol–water partition coefficient (Wildman–Crippen LogP) is 3.33. The largest absolute Gasteiger partial charge is 0.480 e. The van der Waals surface area contributed by atoms with Gasteiger partial charge in [-0.15, -0.1) is 0 Å². The number of carbonyl (C=O) groups is 3. The summed E-state index contributed by atoms with van der Waals surface area (Å²) in [5.41, 5.74) is 0.0401. The van der Waals surface area contributed by atoms with Crippen LogP contribution in [0.3, 0.4) is 0 Å². The summed E-state index contributed by atoms with van der Waals surface area (Å²) in [5, 5.41) is 12.0. The third-order valence-electron chi connectivity index (χ3n) is 8.82. The summed E-state index contributed by atoms with van der Waals surface area (Å²) in [6.07, 6.45) is 1.67. The van der Waals surface area contributed by atoms with Gasteiger partial charge >= 0.3 is 11.9 Å². The van der Waals surface area contributed by atoms with Crippen molar-refractivity contribution in [2.24, 2.45) is 23.7 Å². The smallest absolute Gasteiger partial charge is 0.326 e. The quantitative estimate of drug-likeness (QED) is 0.383. The van der Waals surface area contributed by atoms with Crippen LogP contribution in [0.15, 0.2) is 30.3 Å². The highest BCUT2D eigenvalue weighted by Gasteiger charge is 2.69. The fraction of sp³-hybridized carbons (Fsp3) is 0.679. The number of carboxylic acid groups (broad SMARTS) is 1. The number of rotatable bonds is 8. The van der Waals surface area contributed by atoms with E-state index in [1.807, 2.05) is 19.9 Å². The maximum absolute atomic E-state index is 12.8. The molecule has 4 heterocycles. The topological polar surface area (TPSA) is 130 Å². The monoisotopic (exact) mass is 531 g/mol. The average Bonchev–Trinajstić information content (AvgIpc) is 3.12. The molecule has 1 aromatic carbocycles. The number of esters is 1. The molecule has 0 radical (unpaired) electrons. The third-order valence-corrected chi connectivity index (χ3v) is 8.82. The number of carboxylic acids is 1. The number of hydrogen-bond acceptors (Lipinski definition) is 8. The van der Waals surface area contributed by atoms with Crippen molar-refractivity contribution >= 4 is 17.8 Å². The van der Waals surface area contributed by atoms with Gasteiger partial charge in [-0.3, -0.25) is 9.59 Å². The van der Waals surface area contributed by atoms with Crippen LogP contribution in [0.4, 0.5) is 0 Å². The zero-order valence-electron chi connectivity index (χ0n) is 22.1. The van der Waals surface area contributed by atoms with E-state index in [4.69, 9.17) is 24.0 Å². The Morgan fingerprint density at radius 2 is 1.84 bits per heavy atom. The van der Waals surface area contributed by atoms with Gasteiger partial charge in [0.2, 0.25) is 18.0 Å². The van der Waals surface area contributed by atoms with Gasteiger partial charge in [-0.05, 0) is 43.6 Å². The number of benzene rings is 1. The van der Waals surface area contributed by atoms with Crippen molar-refractivity contribution in [3.05, 3.63) is 35.9 Å². The van der Waals surface area contributed by atoms with E-state index in [1.54, 1.807) is 24.3 Å². The number of fused-ring (bicyclic) bond motifs is 2. The summed E-state index contributed by atoms with van der Waals surface area (Å²) in [6, 6.07) is 7.95. The summed E-state index contributed by atoms with van der Waals surface area (Å²) in [4.78, 5) is 48.8. The summed E-state index contributed by atoms with van der Waals surface area (Å²) in [5.74, 6) is -2.72. The second-order valence-corrected chi connectivity index (χ2v) is 11.4. The van der Waals surface area contributed by atoms with Gasteiger partial charge < -0.3 is 24.6 Å². The molecule has 2 N–H and O–H groups in total. The van der Waals surface area contributed by atoms with E-state index in [2.05, 4.69) is 12.2 Å². The van der Waals surface area contributed by atoms with E-state index in [1.165, 1.54) is 0 Å². The molecular weight excluding hydrogens is 494 g/mol. The predicted molar refractivity (Wildman–Crippen MR) is 132 cm³/mol. The standard InChI is InChI=1S/C28H37NO9/c1-16-9-10-20-17(2)25(35-26-28(20)19(16)13-14-27(3,36-26)37-38-28)34-23(31)12-11-22(30)29-21(24(32)33)15-18-7-5-4-6-8-18/h4-8,16-17,19-21,25-26H,9-15H2,1-3H3,(H,29,30)(H,32,33)/t16-,17-,19+,20+,21?,25-,26-,27+,28?/m1/s1. The molecule has 208 valence electrons. The zero-order valence-corrected chi connectivity index (χ0v) is 22.1. The van der Waals surface area contributed by atoms with E-state index < -0.39 is 47.9 Å². The Labute approximate surface area is 222 Å². The molecule has 1 amide bonds. The lowest BCUT2D eigenvalue weighted by atomic mass is 9.58. The Balaban J connectivity index is 1.19. The van der Waals surface area contributed by atoms with Crippen molar-refractivity contribution in [1.29, 1.82) is 0 Å². The molecule has 2 bridgehead atoms. The number of nitrogens with one attached hydrogen (secondary N) is 1. The van der Waals surface area contributed by atoms with Gasteiger partial charge in [0, 0.05) is 31.1 Å². The number of amides is 1. The third kappa shape index (κ3) is 5.06. The normalized spacial score (nSPS) is 38.4. The van der Waals surface area contributed by atoms with Crippen LogP contribution >= 0.6 is 0 Å². The maximum atomic E-state index is 12.8. The van der Waals surface area contributed by atoms with Crippen LogP contribution in [0.5, 0.6) is 0 Å². The van der Waals surface area contributed by atoms with E-state index in [0.29, 0.717) is 12.3 Å². The minimum Gasteiger partial charge on any atom is -0.480 e. The van der Waals surface area contributed by atoms with E-state index >= 15 is 0 Å². The van der Waals surface area contributed by atoms with Crippen LogP contribution in [-0.4, -0.2) is 53.0 Å². The van der Waals surface area contributed by atoms with Crippen LogP contribution in [0, 0.1) is 23.7 Å². The molecule has 1 saturated carbocycles. The molecule has 38 heavy (non-hydrogen) atoms. The molecule has 4 aliphatic heterocycles. The summed E-state index contributed by atoms with van der Waals surface area (Å²) < 4.78 is 18.2. The van der Waals surface area contributed by atoms with Crippen molar-refractivity contribution in [2.45, 2.75) is 95.7 Å². The number of hydrogen-bond donors (Lipinski definition) is 2. The first kappa shape index (κ1) is 27.1. The second-order valence-electron chi connectivity index (χ2n) is 11.4. The minimum atomic E-state index is -1.14. The lowest BCUT2D eigenvalue weighted by Crippen LogP contribution is -2.70. The molecule has 10 nitrogen and oxygen atoms in total. The SMILES string of the molecule is C[C@H]1[C@H](OC(=O)CCC(=O)NC(Cc2ccccc2)C(=O)O)O[C@@H]2O[C@]3(C)CC[C@H]4[C@H](C)CC[C@@H]1C24OO3.